The second kappa shape index (κ2) is 10.0. The first-order chi connectivity index (χ1) is 12.0. The summed E-state index contributed by atoms with van der Waals surface area (Å²) < 4.78 is 25.3. The molecule has 4 nitrogen and oxygen atoms in total. The summed E-state index contributed by atoms with van der Waals surface area (Å²) >= 11 is 3.48. The molecule has 1 aliphatic heterocycles. The molecule has 0 bridgehead atoms. The lowest BCUT2D eigenvalue weighted by atomic mass is 9.87. The number of unbranched alkanes of at least 4 members (excludes halogenated alkanes) is 3. The number of halogens is 1. The Morgan fingerprint density at radius 1 is 1.12 bits per heavy atom. The van der Waals surface area contributed by atoms with Gasteiger partial charge in [-0.3, -0.25) is 0 Å². The van der Waals surface area contributed by atoms with E-state index in [4.69, 9.17) is 5.11 Å². The van der Waals surface area contributed by atoms with Crippen molar-refractivity contribution in [2.24, 2.45) is 0 Å². The van der Waals surface area contributed by atoms with Gasteiger partial charge >= 0.3 is 0 Å². The van der Waals surface area contributed by atoms with Gasteiger partial charge in [-0.1, -0.05) is 72.4 Å². The van der Waals surface area contributed by atoms with Crippen molar-refractivity contribution in [3.05, 3.63) is 35.9 Å². The highest BCUT2D eigenvalue weighted by Crippen LogP contribution is 2.44. The summed E-state index contributed by atoms with van der Waals surface area (Å²) in [6.45, 7) is 3.09. The Balaban J connectivity index is 2.13. The molecule has 1 aromatic rings. The summed E-state index contributed by atoms with van der Waals surface area (Å²) in [6.07, 6.45) is 5.45. The zero-order valence-corrected chi connectivity index (χ0v) is 17.3. The van der Waals surface area contributed by atoms with E-state index in [1.54, 1.807) is 0 Å². The van der Waals surface area contributed by atoms with E-state index in [1.807, 2.05) is 37.3 Å². The van der Waals surface area contributed by atoms with Gasteiger partial charge < -0.3 is 10.4 Å². The zero-order valence-electron chi connectivity index (χ0n) is 14.9. The minimum Gasteiger partial charge on any atom is -0.396 e. The molecule has 0 spiro atoms. The van der Waals surface area contributed by atoms with Crippen molar-refractivity contribution in [2.75, 3.05) is 13.2 Å². The van der Waals surface area contributed by atoms with E-state index < -0.39 is 14.0 Å². The molecule has 1 aromatic carbocycles. The fraction of sp³-hybridized carbons (Fsp3) is 0.684. The summed E-state index contributed by atoms with van der Waals surface area (Å²) in [6, 6.07) is 9.92. The molecular formula is C19H30BrNO3S. The Hall–Kier alpha value is -0.430. The highest BCUT2D eigenvalue weighted by molar-refractivity contribution is 9.11. The fourth-order valence-electron chi connectivity index (χ4n) is 3.77. The number of hydrogen-bond acceptors (Lipinski definition) is 4. The van der Waals surface area contributed by atoms with E-state index in [9.17, 15) is 8.42 Å². The smallest absolute Gasteiger partial charge is 0.168 e. The molecule has 2 rings (SSSR count). The van der Waals surface area contributed by atoms with Gasteiger partial charge in [-0.2, -0.15) is 0 Å². The third kappa shape index (κ3) is 5.06. The highest BCUT2D eigenvalue weighted by atomic mass is 79.9. The van der Waals surface area contributed by atoms with Gasteiger partial charge in [0.05, 0.1) is 5.25 Å². The lowest BCUT2D eigenvalue weighted by molar-refractivity contribution is 0.282. The van der Waals surface area contributed by atoms with Crippen LogP contribution in [-0.4, -0.2) is 42.1 Å². The van der Waals surface area contributed by atoms with Gasteiger partial charge in [0.2, 0.25) is 0 Å². The average Bonchev–Trinajstić information content (AvgIpc) is 2.80. The number of aliphatic hydroxyl groups excluding tert-OH is 1. The number of rotatable bonds is 10. The summed E-state index contributed by atoms with van der Waals surface area (Å²) in [7, 11) is -3.20. The fourth-order valence-corrected chi connectivity index (χ4v) is 7.43. The number of alkyl halides is 1. The van der Waals surface area contributed by atoms with Crippen LogP contribution in [0.5, 0.6) is 0 Å². The maximum Gasteiger partial charge on any atom is 0.168 e. The number of nitrogens with one attached hydrogen (secondary N) is 1. The predicted octanol–water partition coefficient (Wildman–Crippen LogP) is 3.60. The van der Waals surface area contributed by atoms with Crippen LogP contribution in [0.3, 0.4) is 0 Å². The van der Waals surface area contributed by atoms with Crippen molar-refractivity contribution in [3.63, 3.8) is 0 Å². The first-order valence-electron chi connectivity index (χ1n) is 9.30. The van der Waals surface area contributed by atoms with Crippen molar-refractivity contribution in [1.82, 2.24) is 5.32 Å². The van der Waals surface area contributed by atoms with Crippen LogP contribution in [0.25, 0.3) is 0 Å². The van der Waals surface area contributed by atoms with Gasteiger partial charge in [-0.15, -0.1) is 0 Å². The van der Waals surface area contributed by atoms with Crippen LogP contribution in [0.4, 0.5) is 0 Å². The van der Waals surface area contributed by atoms with Crippen molar-refractivity contribution in [1.29, 1.82) is 0 Å². The molecular weight excluding hydrogens is 402 g/mol. The van der Waals surface area contributed by atoms with Gasteiger partial charge in [0.1, 0.15) is 4.16 Å². The standard InChI is InChI=1S/C19H30BrNO3S/c1-2-10-16-17(15-11-6-5-7-12-15)18(19(20)25(16,23)24)21-13-8-3-4-9-14-22/h5-7,11-12,16-19,21-22H,2-4,8-10,13-14H2,1H3. The molecule has 25 heavy (non-hydrogen) atoms. The van der Waals surface area contributed by atoms with Gasteiger partial charge in [0, 0.05) is 18.6 Å². The first-order valence-corrected chi connectivity index (χ1v) is 11.8. The first kappa shape index (κ1) is 20.9. The van der Waals surface area contributed by atoms with Crippen LogP contribution in [0.1, 0.15) is 56.9 Å². The molecule has 1 saturated heterocycles. The van der Waals surface area contributed by atoms with Crippen LogP contribution in [0.2, 0.25) is 0 Å². The average molecular weight is 432 g/mol. The molecule has 0 radical (unpaired) electrons. The Labute approximate surface area is 160 Å². The number of aliphatic hydroxyl groups is 1. The molecule has 0 aliphatic carbocycles. The minimum absolute atomic E-state index is 0.0204. The van der Waals surface area contributed by atoms with Gasteiger partial charge in [-0.25, -0.2) is 8.42 Å². The number of hydrogen-bond donors (Lipinski definition) is 2. The minimum atomic E-state index is -3.20. The van der Waals surface area contributed by atoms with E-state index in [2.05, 4.69) is 21.2 Å². The monoisotopic (exact) mass is 431 g/mol. The summed E-state index contributed by atoms with van der Waals surface area (Å²) in [5.41, 5.74) is 1.10. The van der Waals surface area contributed by atoms with Crippen LogP contribution in [-0.2, 0) is 9.84 Å². The number of benzene rings is 1. The van der Waals surface area contributed by atoms with Gasteiger partial charge in [0.25, 0.3) is 0 Å². The third-order valence-electron chi connectivity index (χ3n) is 5.03. The largest absolute Gasteiger partial charge is 0.396 e. The molecule has 4 atom stereocenters. The van der Waals surface area contributed by atoms with E-state index >= 15 is 0 Å². The molecule has 4 unspecified atom stereocenters. The Kier molecular flexibility index (Phi) is 8.39. The number of sulfone groups is 1. The summed E-state index contributed by atoms with van der Waals surface area (Å²) in [5, 5.41) is 12.0. The Bertz CT molecular complexity index is 608. The molecule has 142 valence electrons. The Morgan fingerprint density at radius 2 is 1.80 bits per heavy atom. The van der Waals surface area contributed by atoms with Gasteiger partial charge in [0.15, 0.2) is 9.84 Å². The second-order valence-corrected chi connectivity index (χ2v) is 10.7. The normalized spacial score (nSPS) is 28.3. The van der Waals surface area contributed by atoms with E-state index in [1.165, 1.54) is 0 Å². The van der Waals surface area contributed by atoms with E-state index in [-0.39, 0.29) is 23.8 Å². The maximum absolute atomic E-state index is 12.9. The summed E-state index contributed by atoms with van der Waals surface area (Å²) in [4.78, 5) is 0. The molecule has 6 heteroatoms. The molecule has 1 heterocycles. The molecule has 2 N–H and O–H groups in total. The Morgan fingerprint density at radius 3 is 2.44 bits per heavy atom. The van der Waals surface area contributed by atoms with Crippen LogP contribution in [0.15, 0.2) is 30.3 Å². The lowest BCUT2D eigenvalue weighted by Gasteiger charge is -2.25. The van der Waals surface area contributed by atoms with Crippen molar-refractivity contribution < 1.29 is 13.5 Å². The molecule has 0 amide bonds. The van der Waals surface area contributed by atoms with Crippen molar-refractivity contribution in [3.8, 4) is 0 Å². The van der Waals surface area contributed by atoms with Crippen molar-refractivity contribution in [2.45, 2.75) is 66.8 Å². The SMILES string of the molecule is CCCC1C(c2ccccc2)C(NCCCCCCO)C(Br)S1(=O)=O. The topological polar surface area (TPSA) is 66.4 Å². The lowest BCUT2D eigenvalue weighted by Crippen LogP contribution is -2.39. The maximum atomic E-state index is 12.9. The second-order valence-electron chi connectivity index (χ2n) is 6.82. The molecule has 0 saturated carbocycles. The molecule has 1 aliphatic rings. The van der Waals surface area contributed by atoms with Gasteiger partial charge in [-0.05, 0) is 31.4 Å². The van der Waals surface area contributed by atoms with E-state index in [0.29, 0.717) is 6.42 Å². The van der Waals surface area contributed by atoms with Crippen LogP contribution >= 0.6 is 15.9 Å². The predicted molar refractivity (Wildman–Crippen MR) is 107 cm³/mol. The third-order valence-corrected chi connectivity index (χ3v) is 9.45. The highest BCUT2D eigenvalue weighted by Gasteiger charge is 2.53. The molecule has 0 aromatic heterocycles. The van der Waals surface area contributed by atoms with Crippen LogP contribution in [0, 0.1) is 0 Å². The van der Waals surface area contributed by atoms with E-state index in [0.717, 1.165) is 44.2 Å². The molecule has 1 fully saturated rings. The van der Waals surface area contributed by atoms with Crippen LogP contribution < -0.4 is 5.32 Å². The quantitative estimate of drug-likeness (QED) is 0.438. The van der Waals surface area contributed by atoms with Crippen molar-refractivity contribution >= 4 is 25.8 Å². The zero-order chi connectivity index (χ0) is 18.3. The summed E-state index contributed by atoms with van der Waals surface area (Å²) in [5.74, 6) is -0.0204.